The van der Waals surface area contributed by atoms with E-state index in [1.807, 2.05) is 30.3 Å². The highest BCUT2D eigenvalue weighted by atomic mass is 79.9. The van der Waals surface area contributed by atoms with Gasteiger partial charge >= 0.3 is 5.97 Å². The van der Waals surface area contributed by atoms with Crippen LogP contribution in [0.3, 0.4) is 0 Å². The minimum absolute atomic E-state index is 0.0237. The normalized spacial score (nSPS) is 24.7. The molecule has 5 atom stereocenters. The van der Waals surface area contributed by atoms with Crippen LogP contribution in [0.4, 0.5) is 0 Å². The predicted octanol–water partition coefficient (Wildman–Crippen LogP) is 9.25. The van der Waals surface area contributed by atoms with Crippen LogP contribution >= 0.6 is 55.1 Å². The molecule has 5 nitrogen and oxygen atoms in total. The Morgan fingerprint density at radius 2 is 1.45 bits per heavy atom. The molecule has 0 amide bonds. The molecule has 224 valence electrons. The molecular weight excluding hydrogens is 729 g/mol. The number of aliphatic hydroxyl groups is 1. The van der Waals surface area contributed by atoms with Crippen LogP contribution in [0.1, 0.15) is 52.2 Å². The van der Waals surface area contributed by atoms with Gasteiger partial charge in [-0.15, -0.1) is 0 Å². The Hall–Kier alpha value is -2.99. The number of halogens is 4. The van der Waals surface area contributed by atoms with E-state index < -0.39 is 40.5 Å². The molecule has 0 aliphatic heterocycles. The van der Waals surface area contributed by atoms with E-state index in [4.69, 9.17) is 27.9 Å². The number of nitrogens with zero attached hydrogens (tertiary/aromatic N) is 1. The number of hydrogen-bond donors (Lipinski definition) is 1. The van der Waals surface area contributed by atoms with E-state index in [-0.39, 0.29) is 18.6 Å². The molecule has 0 aromatic heterocycles. The lowest BCUT2D eigenvalue weighted by atomic mass is 9.47. The Kier molecular flexibility index (Phi) is 9.69. The molecule has 0 unspecified atom stereocenters. The second-order valence-electron chi connectivity index (χ2n) is 10.8. The average Bonchev–Trinajstić information content (AvgIpc) is 3.01. The van der Waals surface area contributed by atoms with E-state index in [2.05, 4.69) is 37.9 Å². The number of rotatable bonds is 7. The van der Waals surface area contributed by atoms with Crippen LogP contribution in [0.25, 0.3) is 0 Å². The fraction of sp³-hybridized carbons (Fsp3) is 0.229. The lowest BCUT2D eigenvalue weighted by Crippen LogP contribution is -2.59. The second-order valence-corrected chi connectivity index (χ2v) is 13.5. The number of benzene rings is 4. The lowest BCUT2D eigenvalue weighted by Gasteiger charge is -2.54. The Bertz CT molecular complexity index is 1740. The number of ketones is 1. The van der Waals surface area contributed by atoms with Crippen molar-refractivity contribution in [2.24, 2.45) is 11.3 Å². The third-order valence-electron chi connectivity index (χ3n) is 8.42. The van der Waals surface area contributed by atoms with Crippen molar-refractivity contribution in [1.29, 1.82) is 5.26 Å². The van der Waals surface area contributed by atoms with Gasteiger partial charge in [0.2, 0.25) is 0 Å². The van der Waals surface area contributed by atoms with Gasteiger partial charge in [0.25, 0.3) is 0 Å². The van der Waals surface area contributed by atoms with Gasteiger partial charge in [-0.1, -0.05) is 91.5 Å². The molecule has 0 radical (unpaired) electrons. The van der Waals surface area contributed by atoms with Gasteiger partial charge in [0.1, 0.15) is 5.60 Å². The SMILES string of the molecule is CCOC(=O)[C@]1(C#N)[C@@H](c2cccc(Br)c2)C[C@](O)(c2ccc(Cl)cc2)[C@H](C(=O)c2ccc(Cl)cc2)[C@@H]1c1cccc(Br)c1. The number of esters is 1. The van der Waals surface area contributed by atoms with Gasteiger partial charge in [0, 0.05) is 36.4 Å². The van der Waals surface area contributed by atoms with E-state index in [9.17, 15) is 20.0 Å². The number of hydrogen-bond acceptors (Lipinski definition) is 5. The summed E-state index contributed by atoms with van der Waals surface area (Å²) >= 11 is 19.5. The molecule has 4 aromatic carbocycles. The molecule has 0 bridgehead atoms. The van der Waals surface area contributed by atoms with Gasteiger partial charge in [-0.05, 0) is 90.7 Å². The van der Waals surface area contributed by atoms with Crippen molar-refractivity contribution in [3.05, 3.63) is 138 Å². The summed E-state index contributed by atoms with van der Waals surface area (Å²) in [6.07, 6.45) is -0.133. The van der Waals surface area contributed by atoms with E-state index in [1.165, 1.54) is 0 Å². The first-order valence-electron chi connectivity index (χ1n) is 13.9. The van der Waals surface area contributed by atoms with Crippen molar-refractivity contribution in [1.82, 2.24) is 0 Å². The standard InChI is InChI=1S/C35H27Br2Cl2NO4/c1-2-44-33(42)34(20-40)29(22-5-3-7-25(36)17-22)19-35(43,24-11-15-28(39)16-12-24)31(30(34)23-6-4-8-26(37)18-23)32(41)21-9-13-27(38)14-10-21/h3-18,29-31,43H,2,19H2,1H3/t29-,30+,31+,34-,35+/m1/s1. The second kappa shape index (κ2) is 13.2. The van der Waals surface area contributed by atoms with Crippen molar-refractivity contribution in [2.75, 3.05) is 6.61 Å². The molecule has 4 aromatic rings. The predicted molar refractivity (Wildman–Crippen MR) is 178 cm³/mol. The summed E-state index contributed by atoms with van der Waals surface area (Å²) in [4.78, 5) is 29.1. The molecular formula is C35H27Br2Cl2NO4. The number of Topliss-reactive ketones (excluding diaryl/α,β-unsaturated/α-hetero) is 1. The van der Waals surface area contributed by atoms with Crippen LogP contribution in [-0.4, -0.2) is 23.5 Å². The molecule has 0 spiro atoms. The Morgan fingerprint density at radius 3 is 2.00 bits per heavy atom. The molecule has 44 heavy (non-hydrogen) atoms. The van der Waals surface area contributed by atoms with Gasteiger partial charge in [0.05, 0.1) is 18.6 Å². The molecule has 1 N–H and O–H groups in total. The van der Waals surface area contributed by atoms with Crippen molar-refractivity contribution < 1.29 is 19.4 Å². The Morgan fingerprint density at radius 1 is 0.909 bits per heavy atom. The lowest BCUT2D eigenvalue weighted by molar-refractivity contribution is -0.164. The van der Waals surface area contributed by atoms with Crippen LogP contribution in [0.15, 0.2) is 106 Å². The first kappa shape index (κ1) is 32.4. The maximum Gasteiger partial charge on any atom is 0.327 e. The fourth-order valence-corrected chi connectivity index (χ4v) is 7.61. The van der Waals surface area contributed by atoms with Crippen LogP contribution in [0.5, 0.6) is 0 Å². The summed E-state index contributed by atoms with van der Waals surface area (Å²) in [6, 6.07) is 29.9. The molecule has 1 aliphatic rings. The summed E-state index contributed by atoms with van der Waals surface area (Å²) in [6.45, 7) is 1.70. The minimum atomic E-state index is -1.91. The molecule has 1 fully saturated rings. The van der Waals surface area contributed by atoms with Gasteiger partial charge in [0.15, 0.2) is 11.2 Å². The van der Waals surface area contributed by atoms with E-state index in [0.717, 1.165) is 4.47 Å². The molecule has 9 heteroatoms. The Balaban J connectivity index is 1.91. The largest absolute Gasteiger partial charge is 0.465 e. The maximum atomic E-state index is 14.8. The Labute approximate surface area is 283 Å². The summed E-state index contributed by atoms with van der Waals surface area (Å²) in [5, 5.41) is 25.2. The monoisotopic (exact) mass is 753 g/mol. The zero-order valence-corrected chi connectivity index (χ0v) is 28.2. The maximum absolute atomic E-state index is 14.8. The summed E-state index contributed by atoms with van der Waals surface area (Å²) in [5.74, 6) is -4.54. The van der Waals surface area contributed by atoms with Crippen molar-refractivity contribution >= 4 is 66.8 Å². The molecule has 5 rings (SSSR count). The van der Waals surface area contributed by atoms with E-state index in [0.29, 0.717) is 31.2 Å². The zero-order valence-electron chi connectivity index (χ0n) is 23.5. The van der Waals surface area contributed by atoms with Gasteiger partial charge in [-0.25, -0.2) is 0 Å². The number of carbonyl (C=O) groups excluding carboxylic acids is 2. The first-order valence-corrected chi connectivity index (χ1v) is 16.3. The number of nitriles is 1. The highest BCUT2D eigenvalue weighted by Gasteiger charge is 2.67. The highest BCUT2D eigenvalue weighted by molar-refractivity contribution is 9.10. The molecule has 1 aliphatic carbocycles. The number of carbonyl (C=O) groups is 2. The van der Waals surface area contributed by atoms with Crippen LogP contribution in [-0.2, 0) is 15.1 Å². The molecule has 1 saturated carbocycles. The molecule has 0 saturated heterocycles. The van der Waals surface area contributed by atoms with Crippen LogP contribution in [0, 0.1) is 22.7 Å². The molecule has 0 heterocycles. The van der Waals surface area contributed by atoms with Gasteiger partial charge in [-0.2, -0.15) is 5.26 Å². The minimum Gasteiger partial charge on any atom is -0.465 e. The van der Waals surface area contributed by atoms with Gasteiger partial charge in [-0.3, -0.25) is 9.59 Å². The summed E-state index contributed by atoms with van der Waals surface area (Å²) < 4.78 is 7.08. The summed E-state index contributed by atoms with van der Waals surface area (Å²) in [7, 11) is 0. The van der Waals surface area contributed by atoms with Crippen molar-refractivity contribution in [3.63, 3.8) is 0 Å². The van der Waals surface area contributed by atoms with E-state index in [1.54, 1.807) is 73.7 Å². The topological polar surface area (TPSA) is 87.4 Å². The highest BCUT2D eigenvalue weighted by Crippen LogP contribution is 2.64. The van der Waals surface area contributed by atoms with Crippen LogP contribution in [0.2, 0.25) is 10.0 Å². The van der Waals surface area contributed by atoms with Gasteiger partial charge < -0.3 is 9.84 Å². The fourth-order valence-electron chi connectivity index (χ4n) is 6.52. The quantitative estimate of drug-likeness (QED) is 0.150. The first-order chi connectivity index (χ1) is 21.0. The summed E-state index contributed by atoms with van der Waals surface area (Å²) in [5.41, 5.74) is -1.89. The third-order valence-corrected chi connectivity index (χ3v) is 9.91. The average molecular weight is 756 g/mol. The smallest absolute Gasteiger partial charge is 0.327 e. The van der Waals surface area contributed by atoms with E-state index >= 15 is 0 Å². The number of ether oxygens (including phenoxy) is 1. The zero-order chi connectivity index (χ0) is 31.6. The van der Waals surface area contributed by atoms with Crippen molar-refractivity contribution in [2.45, 2.75) is 30.8 Å². The van der Waals surface area contributed by atoms with Crippen LogP contribution < -0.4 is 0 Å². The third kappa shape index (κ3) is 5.87. The van der Waals surface area contributed by atoms with Crippen molar-refractivity contribution in [3.8, 4) is 6.07 Å².